The number of aromatic nitrogens is 7. The van der Waals surface area contributed by atoms with Crippen molar-refractivity contribution in [2.75, 3.05) is 13.1 Å². The van der Waals surface area contributed by atoms with Gasteiger partial charge in [0.05, 0.1) is 5.39 Å². The number of hydrogen-bond acceptors (Lipinski definition) is 6. The summed E-state index contributed by atoms with van der Waals surface area (Å²) < 4.78 is 30.0. The van der Waals surface area contributed by atoms with Gasteiger partial charge in [-0.25, -0.2) is 23.7 Å². The number of fused-ring (bicyclic) bond motifs is 2. The van der Waals surface area contributed by atoms with E-state index in [1.807, 2.05) is 12.3 Å². The maximum Gasteiger partial charge on any atom is 0.161 e. The molecule has 7 rings (SSSR count). The van der Waals surface area contributed by atoms with Crippen LogP contribution in [0.15, 0.2) is 61.2 Å². The highest BCUT2D eigenvalue weighted by Gasteiger charge is 2.22. The van der Waals surface area contributed by atoms with E-state index >= 15 is 4.39 Å². The van der Waals surface area contributed by atoms with Crippen molar-refractivity contribution in [2.45, 2.75) is 19.4 Å². The van der Waals surface area contributed by atoms with Crippen molar-refractivity contribution in [3.8, 4) is 33.8 Å². The maximum absolute atomic E-state index is 16.1. The molecule has 5 aromatic heterocycles. The minimum absolute atomic E-state index is 0.221. The largest absolute Gasteiger partial charge is 0.321 e. The number of halogens is 2. The molecule has 10 heteroatoms. The quantitative estimate of drug-likeness (QED) is 0.319. The van der Waals surface area contributed by atoms with E-state index in [1.54, 1.807) is 30.6 Å². The van der Waals surface area contributed by atoms with Crippen LogP contribution in [0, 0.1) is 11.6 Å². The molecule has 0 atom stereocenters. The van der Waals surface area contributed by atoms with Gasteiger partial charge in [0.1, 0.15) is 22.8 Å². The normalized spacial score (nSPS) is 14.2. The lowest BCUT2D eigenvalue weighted by atomic mass is 10.0. The van der Waals surface area contributed by atoms with Crippen LogP contribution in [0.3, 0.4) is 0 Å². The zero-order chi connectivity index (χ0) is 25.6. The van der Waals surface area contributed by atoms with E-state index in [0.717, 1.165) is 25.2 Å². The molecule has 0 radical (unpaired) electrons. The number of hydrogen-bond donors (Lipinski definition) is 2. The van der Waals surface area contributed by atoms with Crippen molar-refractivity contribution in [2.24, 2.45) is 0 Å². The number of aromatic amines is 2. The second kappa shape index (κ2) is 9.07. The Morgan fingerprint density at radius 2 is 1.79 bits per heavy atom. The van der Waals surface area contributed by atoms with Crippen LogP contribution in [-0.2, 0) is 6.54 Å². The number of pyridine rings is 3. The number of imidazole rings is 1. The van der Waals surface area contributed by atoms with Crippen molar-refractivity contribution in [1.82, 2.24) is 40.0 Å². The molecule has 38 heavy (non-hydrogen) atoms. The molecule has 8 nitrogen and oxygen atoms in total. The van der Waals surface area contributed by atoms with Gasteiger partial charge >= 0.3 is 0 Å². The highest BCUT2D eigenvalue weighted by Crippen LogP contribution is 2.34. The van der Waals surface area contributed by atoms with Gasteiger partial charge in [-0.15, -0.1) is 0 Å². The third kappa shape index (κ3) is 3.90. The molecule has 188 valence electrons. The molecule has 1 aliphatic rings. The highest BCUT2D eigenvalue weighted by molar-refractivity contribution is 5.96. The summed E-state index contributed by atoms with van der Waals surface area (Å²) in [6.45, 7) is 2.92. The number of nitrogens with one attached hydrogen (secondary N) is 2. The summed E-state index contributed by atoms with van der Waals surface area (Å²) in [6.07, 6.45) is 9.00. The Balaban J connectivity index is 1.31. The first-order valence-electron chi connectivity index (χ1n) is 12.4. The fraction of sp³-hybridized carbons (Fsp3) is 0.179. The summed E-state index contributed by atoms with van der Waals surface area (Å²) >= 11 is 0. The molecule has 2 N–H and O–H groups in total. The van der Waals surface area contributed by atoms with Gasteiger partial charge in [-0.2, -0.15) is 5.10 Å². The second-order valence-corrected chi connectivity index (χ2v) is 9.50. The molecule has 0 spiro atoms. The second-order valence-electron chi connectivity index (χ2n) is 9.50. The topological polar surface area (TPSA) is 99.3 Å². The summed E-state index contributed by atoms with van der Waals surface area (Å²) in [5.74, 6) is -0.472. The van der Waals surface area contributed by atoms with E-state index in [4.69, 9.17) is 4.98 Å². The zero-order valence-corrected chi connectivity index (χ0v) is 20.2. The molecule has 1 aromatic carbocycles. The van der Waals surface area contributed by atoms with Gasteiger partial charge in [-0.3, -0.25) is 15.0 Å². The lowest BCUT2D eigenvalue weighted by molar-refractivity contribution is 0.331. The van der Waals surface area contributed by atoms with Gasteiger partial charge in [0, 0.05) is 48.0 Å². The maximum atomic E-state index is 16.1. The average Bonchev–Trinajstić information content (AvgIpc) is 3.68. The van der Waals surface area contributed by atoms with E-state index in [2.05, 4.69) is 35.0 Å². The molecule has 0 unspecified atom stereocenters. The van der Waals surface area contributed by atoms with Crippen LogP contribution in [0.4, 0.5) is 8.78 Å². The lowest BCUT2D eigenvalue weighted by Crippen LogP contribution is -2.18. The lowest BCUT2D eigenvalue weighted by Gasteiger charge is -2.15. The molecule has 1 aliphatic heterocycles. The fourth-order valence-electron chi connectivity index (χ4n) is 5.16. The SMILES string of the molecule is Fc1cccc(-c2ccnc3[nH]c(-c4n[nH]c5ncc(-c6cncc(CN7CCCC7)c6)c(F)c45)nc23)c1. The van der Waals surface area contributed by atoms with Gasteiger partial charge in [0.15, 0.2) is 17.1 Å². The molecule has 6 aromatic rings. The summed E-state index contributed by atoms with van der Waals surface area (Å²) in [6, 6.07) is 10.0. The number of nitrogens with zero attached hydrogens (tertiary/aromatic N) is 6. The summed E-state index contributed by atoms with van der Waals surface area (Å²) in [4.78, 5) is 23.4. The molecule has 0 bridgehead atoms. The molecule has 0 saturated carbocycles. The van der Waals surface area contributed by atoms with E-state index in [0.29, 0.717) is 44.9 Å². The first-order valence-corrected chi connectivity index (χ1v) is 12.4. The Kier molecular flexibility index (Phi) is 5.40. The zero-order valence-electron chi connectivity index (χ0n) is 20.2. The first-order chi connectivity index (χ1) is 18.6. The van der Waals surface area contributed by atoms with Crippen molar-refractivity contribution >= 4 is 22.2 Å². The summed E-state index contributed by atoms with van der Waals surface area (Å²) in [5.41, 5.74) is 5.01. The number of likely N-dealkylation sites (tertiary alicyclic amines) is 1. The third-order valence-electron chi connectivity index (χ3n) is 6.98. The van der Waals surface area contributed by atoms with Gasteiger partial charge in [-0.1, -0.05) is 12.1 Å². The van der Waals surface area contributed by atoms with Crippen LogP contribution in [0.1, 0.15) is 18.4 Å². The standard InChI is InChI=1S/C28H22F2N8/c29-19-5-3-4-17(11-19)20-6-7-32-27-24(20)34-28(35-27)25-22-23(30)21(14-33-26(22)37-36-25)18-10-16(12-31-13-18)15-38-8-1-2-9-38/h3-7,10-14H,1-2,8-9,15H2,(H,32,34,35)(H,33,36,37). The van der Waals surface area contributed by atoms with E-state index < -0.39 is 5.82 Å². The van der Waals surface area contributed by atoms with Crippen LogP contribution in [0.25, 0.3) is 56.0 Å². The highest BCUT2D eigenvalue weighted by atomic mass is 19.1. The molecule has 1 fully saturated rings. The van der Waals surface area contributed by atoms with Crippen LogP contribution in [0.5, 0.6) is 0 Å². The number of benzene rings is 1. The van der Waals surface area contributed by atoms with E-state index in [-0.39, 0.29) is 16.9 Å². The van der Waals surface area contributed by atoms with Crippen LogP contribution >= 0.6 is 0 Å². The predicted molar refractivity (Wildman–Crippen MR) is 140 cm³/mol. The van der Waals surface area contributed by atoms with Gasteiger partial charge in [0.2, 0.25) is 0 Å². The van der Waals surface area contributed by atoms with Crippen molar-refractivity contribution in [1.29, 1.82) is 0 Å². The van der Waals surface area contributed by atoms with Crippen LogP contribution in [-0.4, -0.2) is 53.1 Å². The Hall–Kier alpha value is -4.57. The predicted octanol–water partition coefficient (Wildman–Crippen LogP) is 5.50. The Labute approximate surface area is 215 Å². The Morgan fingerprint density at radius 1 is 0.895 bits per heavy atom. The Bertz CT molecular complexity index is 1800. The van der Waals surface area contributed by atoms with Crippen molar-refractivity contribution in [3.05, 3.63) is 78.4 Å². The summed E-state index contributed by atoms with van der Waals surface area (Å²) in [5, 5.41) is 7.36. The van der Waals surface area contributed by atoms with Gasteiger partial charge in [0.25, 0.3) is 0 Å². The minimum Gasteiger partial charge on any atom is -0.321 e. The fourth-order valence-corrected chi connectivity index (χ4v) is 5.16. The molecular formula is C28H22F2N8. The molecule has 0 amide bonds. The van der Waals surface area contributed by atoms with Gasteiger partial charge in [-0.05, 0) is 61.3 Å². The number of rotatable bonds is 5. The first kappa shape index (κ1) is 22.6. The molecule has 1 saturated heterocycles. The third-order valence-corrected chi connectivity index (χ3v) is 6.98. The minimum atomic E-state index is -0.461. The smallest absolute Gasteiger partial charge is 0.161 e. The number of H-pyrrole nitrogens is 2. The van der Waals surface area contributed by atoms with Crippen LogP contribution < -0.4 is 0 Å². The molecule has 0 aliphatic carbocycles. The van der Waals surface area contributed by atoms with E-state index in [9.17, 15) is 4.39 Å². The Morgan fingerprint density at radius 3 is 2.66 bits per heavy atom. The molecule has 6 heterocycles. The van der Waals surface area contributed by atoms with E-state index in [1.165, 1.54) is 31.2 Å². The van der Waals surface area contributed by atoms with Gasteiger partial charge < -0.3 is 4.98 Å². The van der Waals surface area contributed by atoms with Crippen molar-refractivity contribution < 1.29 is 8.78 Å². The van der Waals surface area contributed by atoms with Crippen molar-refractivity contribution in [3.63, 3.8) is 0 Å². The monoisotopic (exact) mass is 508 g/mol. The average molecular weight is 509 g/mol. The van der Waals surface area contributed by atoms with Crippen LogP contribution in [0.2, 0.25) is 0 Å². The summed E-state index contributed by atoms with van der Waals surface area (Å²) in [7, 11) is 0. The molecular weight excluding hydrogens is 486 g/mol.